The molecule has 0 saturated carbocycles. The van der Waals surface area contributed by atoms with Crippen LogP contribution in [0.2, 0.25) is 0 Å². The molecule has 0 spiro atoms. The summed E-state index contributed by atoms with van der Waals surface area (Å²) in [6.07, 6.45) is 4.53. The van der Waals surface area contributed by atoms with E-state index in [9.17, 15) is 24.0 Å². The molecule has 15 nitrogen and oxygen atoms in total. The normalized spacial score (nSPS) is 18.5. The summed E-state index contributed by atoms with van der Waals surface area (Å²) < 4.78 is 1.15. The Morgan fingerprint density at radius 1 is 1.11 bits per heavy atom. The van der Waals surface area contributed by atoms with Crippen molar-refractivity contribution in [3.63, 3.8) is 0 Å². The van der Waals surface area contributed by atoms with Gasteiger partial charge in [-0.1, -0.05) is 19.1 Å². The van der Waals surface area contributed by atoms with Gasteiger partial charge in [0.25, 0.3) is 17.7 Å². The van der Waals surface area contributed by atoms with Gasteiger partial charge in [-0.3, -0.25) is 29.0 Å². The van der Waals surface area contributed by atoms with Crippen LogP contribution < -0.4 is 22.5 Å². The summed E-state index contributed by atoms with van der Waals surface area (Å²) in [6.45, 7) is 3.79. The van der Waals surface area contributed by atoms with Gasteiger partial charge in [0.05, 0.1) is 12.2 Å². The van der Waals surface area contributed by atoms with Gasteiger partial charge in [0.1, 0.15) is 17.8 Å². The molecule has 1 saturated heterocycles. The Balaban J connectivity index is 1.96. The van der Waals surface area contributed by atoms with Gasteiger partial charge in [0.15, 0.2) is 11.4 Å². The van der Waals surface area contributed by atoms with E-state index in [1.807, 2.05) is 13.8 Å². The predicted octanol–water partition coefficient (Wildman–Crippen LogP) is -1.87. The number of likely N-dealkylation sites (tertiary alicyclic amines) is 1. The Morgan fingerprint density at radius 3 is 2.39 bits per heavy atom. The van der Waals surface area contributed by atoms with Gasteiger partial charge in [-0.15, -0.1) is 5.10 Å². The van der Waals surface area contributed by atoms with E-state index in [-0.39, 0.29) is 36.7 Å². The molecule has 1 fully saturated rings. The molecule has 0 bridgehead atoms. The van der Waals surface area contributed by atoms with Crippen molar-refractivity contribution < 1.29 is 24.0 Å². The Bertz CT molecular complexity index is 1170. The topological polar surface area (TPSA) is 235 Å². The zero-order chi connectivity index (χ0) is 26.6. The number of carbonyl (C=O) groups excluding carboxylic acids is 5. The molecule has 0 radical (unpaired) electrons. The number of rotatable bonds is 9. The summed E-state index contributed by atoms with van der Waals surface area (Å²) in [7, 11) is 0. The second-order valence-electron chi connectivity index (χ2n) is 8.84. The van der Waals surface area contributed by atoms with Crippen LogP contribution in [0.3, 0.4) is 0 Å². The van der Waals surface area contributed by atoms with Crippen LogP contribution in [0.1, 0.15) is 70.6 Å². The van der Waals surface area contributed by atoms with Gasteiger partial charge in [-0.05, 0) is 25.2 Å². The first kappa shape index (κ1) is 26.2. The molecule has 7 N–H and O–H groups in total. The molecule has 1 aliphatic heterocycles. The first-order valence-electron chi connectivity index (χ1n) is 11.2. The minimum Gasteiger partial charge on any atom is -0.368 e. The van der Waals surface area contributed by atoms with Gasteiger partial charge in [0.2, 0.25) is 11.8 Å². The fourth-order valence-electron chi connectivity index (χ4n) is 4.15. The highest BCUT2D eigenvalue weighted by Crippen LogP contribution is 2.29. The van der Waals surface area contributed by atoms with Crippen LogP contribution in [-0.4, -0.2) is 78.0 Å². The van der Waals surface area contributed by atoms with E-state index in [2.05, 4.69) is 25.6 Å². The lowest BCUT2D eigenvalue weighted by molar-refractivity contribution is -0.131. The summed E-state index contributed by atoms with van der Waals surface area (Å²) in [4.78, 5) is 71.5. The number of aromatic nitrogens is 5. The van der Waals surface area contributed by atoms with Crippen LogP contribution in [0.4, 0.5) is 0 Å². The molecule has 0 aliphatic carbocycles. The number of carbonyl (C=O) groups is 5. The number of hydrogen-bond donors (Lipinski definition) is 4. The van der Waals surface area contributed by atoms with Crippen molar-refractivity contribution in [1.29, 1.82) is 0 Å². The minimum absolute atomic E-state index is 0.0250. The summed E-state index contributed by atoms with van der Waals surface area (Å²) >= 11 is 0. The maximum absolute atomic E-state index is 13.4. The van der Waals surface area contributed by atoms with Crippen LogP contribution >= 0.6 is 0 Å². The second kappa shape index (κ2) is 10.9. The van der Waals surface area contributed by atoms with Crippen LogP contribution in [0, 0.1) is 5.92 Å². The third-order valence-electron chi connectivity index (χ3n) is 5.79. The van der Waals surface area contributed by atoms with Crippen LogP contribution in [0.5, 0.6) is 0 Å². The van der Waals surface area contributed by atoms with Crippen molar-refractivity contribution in [3.05, 3.63) is 35.7 Å². The molecule has 192 valence electrons. The van der Waals surface area contributed by atoms with Crippen molar-refractivity contribution in [2.75, 3.05) is 6.54 Å². The van der Waals surface area contributed by atoms with Gasteiger partial charge in [-0.25, -0.2) is 9.67 Å². The third-order valence-corrected chi connectivity index (χ3v) is 5.79. The average Bonchev–Trinajstić information content (AvgIpc) is 3.29. The van der Waals surface area contributed by atoms with E-state index in [0.717, 1.165) is 4.68 Å². The summed E-state index contributed by atoms with van der Waals surface area (Å²) in [5.74, 6) is -3.80. The lowest BCUT2D eigenvalue weighted by Gasteiger charge is -2.39. The van der Waals surface area contributed by atoms with Crippen molar-refractivity contribution in [2.45, 2.75) is 51.2 Å². The molecule has 5 amide bonds. The van der Waals surface area contributed by atoms with Gasteiger partial charge >= 0.3 is 0 Å². The number of primary amides is 3. The molecular formula is C21H28N10O5. The first-order valence-corrected chi connectivity index (χ1v) is 11.2. The summed E-state index contributed by atoms with van der Waals surface area (Å²) in [6, 6.07) is -2.71. The average molecular weight is 501 g/mol. The zero-order valence-electron chi connectivity index (χ0n) is 19.8. The van der Waals surface area contributed by atoms with Crippen LogP contribution in [0.15, 0.2) is 18.6 Å². The molecule has 36 heavy (non-hydrogen) atoms. The standard InChI is InChI=1S/C21H28N10O5/c1-10(2)7-12(17(22)32)27-20(35)14-8-11(31-16(19(24)34)15(18(23)33)28-29-31)3-6-30(14)21(36)13-9-25-4-5-26-13/h4-5,9-12,14H,3,6-8H2,1-2H3,(H2,22,32)(H2,23,33)(H2,24,34)(H,27,35)/t11-,12-,14-/m0/s1. The number of amides is 5. The second-order valence-corrected chi connectivity index (χ2v) is 8.84. The molecule has 0 unspecified atom stereocenters. The van der Waals surface area contributed by atoms with E-state index < -0.39 is 53.4 Å². The molecule has 2 aromatic rings. The van der Waals surface area contributed by atoms with Crippen LogP contribution in [-0.2, 0) is 9.59 Å². The smallest absolute Gasteiger partial charge is 0.274 e. The fraction of sp³-hybridized carbons (Fsp3) is 0.476. The number of nitrogens with zero attached hydrogens (tertiary/aromatic N) is 6. The Labute approximate surface area is 205 Å². The van der Waals surface area contributed by atoms with E-state index in [1.165, 1.54) is 23.5 Å². The Kier molecular flexibility index (Phi) is 7.91. The highest BCUT2D eigenvalue weighted by molar-refractivity contribution is 6.03. The lowest BCUT2D eigenvalue weighted by atomic mass is 9.94. The minimum atomic E-state index is -1.10. The van der Waals surface area contributed by atoms with Gasteiger partial charge in [-0.2, -0.15) is 0 Å². The Morgan fingerprint density at radius 2 is 1.83 bits per heavy atom. The van der Waals surface area contributed by atoms with Gasteiger partial charge in [0, 0.05) is 18.9 Å². The zero-order valence-corrected chi connectivity index (χ0v) is 19.8. The number of nitrogens with two attached hydrogens (primary N) is 3. The number of piperidine rings is 1. The fourth-order valence-corrected chi connectivity index (χ4v) is 4.15. The third kappa shape index (κ3) is 5.61. The number of hydrogen-bond acceptors (Lipinski definition) is 9. The van der Waals surface area contributed by atoms with E-state index in [0.29, 0.717) is 6.42 Å². The SMILES string of the molecule is CC(C)C[C@H](NC(=O)[C@@H]1C[C@@H](n2nnc(C(N)=O)c2C(N)=O)CCN1C(=O)c1cnccn1)C(N)=O. The van der Waals surface area contributed by atoms with Crippen molar-refractivity contribution in [3.8, 4) is 0 Å². The molecular weight excluding hydrogens is 472 g/mol. The van der Waals surface area contributed by atoms with E-state index in [4.69, 9.17) is 17.2 Å². The van der Waals surface area contributed by atoms with E-state index >= 15 is 0 Å². The molecule has 2 aromatic heterocycles. The van der Waals surface area contributed by atoms with Crippen molar-refractivity contribution in [1.82, 2.24) is 35.2 Å². The molecule has 0 aromatic carbocycles. The van der Waals surface area contributed by atoms with Crippen LogP contribution in [0.25, 0.3) is 0 Å². The molecule has 1 aliphatic rings. The predicted molar refractivity (Wildman–Crippen MR) is 123 cm³/mol. The number of nitrogens with one attached hydrogen (secondary N) is 1. The quantitative estimate of drug-likeness (QED) is 0.301. The summed E-state index contributed by atoms with van der Waals surface area (Å²) in [5, 5.41) is 10.2. The van der Waals surface area contributed by atoms with Crippen molar-refractivity contribution >= 4 is 29.5 Å². The molecule has 3 rings (SSSR count). The van der Waals surface area contributed by atoms with E-state index in [1.54, 1.807) is 0 Å². The maximum Gasteiger partial charge on any atom is 0.274 e. The highest BCUT2D eigenvalue weighted by atomic mass is 16.2. The maximum atomic E-state index is 13.4. The molecule has 3 heterocycles. The molecule has 3 atom stereocenters. The first-order chi connectivity index (χ1) is 17.0. The summed E-state index contributed by atoms with van der Waals surface area (Å²) in [5.41, 5.74) is 15.5. The molecule has 15 heteroatoms. The monoisotopic (exact) mass is 500 g/mol. The van der Waals surface area contributed by atoms with Crippen molar-refractivity contribution in [2.24, 2.45) is 23.1 Å². The lowest BCUT2D eigenvalue weighted by Crippen LogP contribution is -2.57. The van der Waals surface area contributed by atoms with Gasteiger partial charge < -0.3 is 27.4 Å². The highest BCUT2D eigenvalue weighted by Gasteiger charge is 2.40. The largest absolute Gasteiger partial charge is 0.368 e. The Hall–Kier alpha value is -4.43.